The van der Waals surface area contributed by atoms with E-state index in [2.05, 4.69) is 30.2 Å². The third-order valence-electron chi connectivity index (χ3n) is 9.76. The van der Waals surface area contributed by atoms with Gasteiger partial charge in [0.05, 0.1) is 47.1 Å². The van der Waals surface area contributed by atoms with Crippen LogP contribution in [0.5, 0.6) is 5.75 Å². The number of carbonyl (C=O) groups excluding carboxylic acids is 2. The highest BCUT2D eigenvalue weighted by molar-refractivity contribution is 7.51. The molecule has 0 spiro atoms. The molecule has 2 aliphatic rings. The van der Waals surface area contributed by atoms with Crippen LogP contribution in [0.25, 0.3) is 5.69 Å². The van der Waals surface area contributed by atoms with Crippen molar-refractivity contribution in [2.75, 3.05) is 50.6 Å². The number of nitrogens with zero attached hydrogens (tertiary/aromatic N) is 5. The molecule has 1 fully saturated rings. The number of amides is 2. The highest BCUT2D eigenvalue weighted by Crippen LogP contribution is 2.37. The summed E-state index contributed by atoms with van der Waals surface area (Å²) in [6.45, 7) is 8.68. The fourth-order valence-electron chi connectivity index (χ4n) is 6.73. The summed E-state index contributed by atoms with van der Waals surface area (Å²) in [5.41, 5.74) is 2.73. The first-order valence-corrected chi connectivity index (χ1v) is 24.6. The molecule has 368 valence electrons. The highest BCUT2D eigenvalue weighted by atomic mass is 35.5. The number of hydrogen-bond donors (Lipinski definition) is 4. The minimum Gasteiger partial charge on any atom is -0.480 e. The van der Waals surface area contributed by atoms with Crippen molar-refractivity contribution < 1.29 is 52.5 Å². The molecule has 0 saturated carbocycles. The van der Waals surface area contributed by atoms with Gasteiger partial charge in [-0.3, -0.25) is 33.7 Å². The summed E-state index contributed by atoms with van der Waals surface area (Å²) in [7, 11) is -2.52. The van der Waals surface area contributed by atoms with Crippen molar-refractivity contribution in [3.05, 3.63) is 92.0 Å². The average Bonchev–Trinajstić information content (AvgIpc) is 4.02. The Morgan fingerprint density at radius 3 is 2.28 bits per heavy atom. The molecule has 2 amide bonds. The molecule has 0 aliphatic carbocycles. The average molecular weight is 1060 g/mol. The number of ether oxygens (including phenoxy) is 3. The summed E-state index contributed by atoms with van der Waals surface area (Å²) in [6.07, 6.45) is 10.4. The predicted molar refractivity (Wildman–Crippen MR) is 257 cm³/mol. The highest BCUT2D eigenvalue weighted by Gasteiger charge is 2.45. The quantitative estimate of drug-likeness (QED) is 0.0400. The molecule has 67 heavy (non-hydrogen) atoms. The van der Waals surface area contributed by atoms with E-state index in [1.807, 2.05) is 24.3 Å². The van der Waals surface area contributed by atoms with Crippen molar-refractivity contribution in [2.24, 2.45) is 0 Å². The topological polar surface area (TPSA) is 228 Å². The number of aromatic nitrogens is 3. The van der Waals surface area contributed by atoms with E-state index < -0.39 is 37.0 Å². The molecule has 0 radical (unpaired) electrons. The van der Waals surface area contributed by atoms with Gasteiger partial charge >= 0.3 is 19.3 Å². The van der Waals surface area contributed by atoms with Gasteiger partial charge in [0.1, 0.15) is 48.4 Å². The molecule has 4 aromatic rings. The Morgan fingerprint density at radius 1 is 1.09 bits per heavy atom. The predicted octanol–water partition coefficient (Wildman–Crippen LogP) is 7.19. The SMILES string of the molecule is C#CCOc1cc(-n2nc3n(c2=O)CCCC3)c(Cl)cc1Cl.CC1(C)OC(c2ccco2)CN1C(=O)C(Cl)Cl.CCc1cccc(CC)c1N(COC)C(=O)CCl.O=C(O)CNCP(=O)(O)O. The Kier molecular flexibility index (Phi) is 23.2. The number of carboxylic acids is 1. The van der Waals surface area contributed by atoms with Crippen molar-refractivity contribution in [2.45, 2.75) is 83.0 Å². The summed E-state index contributed by atoms with van der Waals surface area (Å²) in [5, 5.41) is 15.1. The zero-order chi connectivity index (χ0) is 50.1. The van der Waals surface area contributed by atoms with Crippen LogP contribution in [0, 0.1) is 12.3 Å². The molecule has 2 aromatic carbocycles. The van der Waals surface area contributed by atoms with E-state index in [-0.39, 0.29) is 42.8 Å². The first-order chi connectivity index (χ1) is 31.6. The van der Waals surface area contributed by atoms with Gasteiger partial charge in [-0.05, 0) is 68.9 Å². The van der Waals surface area contributed by atoms with Crippen LogP contribution < -0.4 is 20.6 Å². The maximum Gasteiger partial charge on any atom is 0.350 e. The number of rotatable bonds is 15. The molecular weight excluding hydrogens is 1000 g/mol. The number of aliphatic carboxylic acids is 1. The number of benzene rings is 2. The molecule has 1 unspecified atom stereocenters. The van der Waals surface area contributed by atoms with Crippen molar-refractivity contribution in [1.29, 1.82) is 0 Å². The number of alkyl halides is 3. The molecule has 6 rings (SSSR count). The van der Waals surface area contributed by atoms with Gasteiger partial charge in [0.2, 0.25) is 5.91 Å². The second-order valence-corrected chi connectivity index (χ2v) is 18.7. The van der Waals surface area contributed by atoms with Gasteiger partial charge in [0, 0.05) is 26.1 Å². The largest absolute Gasteiger partial charge is 0.480 e. The van der Waals surface area contributed by atoms with Gasteiger partial charge in [0.15, 0.2) is 4.84 Å². The third-order valence-corrected chi connectivity index (χ3v) is 11.6. The van der Waals surface area contributed by atoms with Crippen molar-refractivity contribution in [3.63, 3.8) is 0 Å². The Hall–Kier alpha value is -4.09. The number of hydrogen-bond acceptors (Lipinski definition) is 11. The van der Waals surface area contributed by atoms with Crippen LogP contribution in [0.2, 0.25) is 10.0 Å². The molecule has 4 heterocycles. The maximum atomic E-state index is 12.5. The molecule has 1 saturated heterocycles. The van der Waals surface area contributed by atoms with E-state index in [1.54, 1.807) is 48.8 Å². The van der Waals surface area contributed by atoms with Gasteiger partial charge < -0.3 is 38.4 Å². The number of fused-ring (bicyclic) bond motifs is 1. The lowest BCUT2D eigenvalue weighted by Crippen LogP contribution is -2.45. The van der Waals surface area contributed by atoms with Crippen molar-refractivity contribution >= 4 is 89.1 Å². The normalized spacial score (nSPS) is 14.9. The lowest BCUT2D eigenvalue weighted by atomic mass is 10.0. The summed E-state index contributed by atoms with van der Waals surface area (Å²) >= 11 is 29.2. The molecule has 2 aromatic heterocycles. The Morgan fingerprint density at radius 2 is 1.76 bits per heavy atom. The maximum absolute atomic E-state index is 12.5. The number of furan rings is 1. The number of anilines is 1. The monoisotopic (exact) mass is 1050 g/mol. The number of carboxylic acid groups (broad SMARTS) is 1. The number of para-hydroxylation sites is 1. The van der Waals surface area contributed by atoms with Crippen LogP contribution in [-0.4, -0.2) is 108 Å². The molecule has 4 N–H and O–H groups in total. The van der Waals surface area contributed by atoms with Crippen LogP contribution in [-0.2, 0) is 54.2 Å². The number of terminal acetylenes is 1. The van der Waals surface area contributed by atoms with Gasteiger partial charge in [-0.25, -0.2) is 4.79 Å². The zero-order valence-electron chi connectivity index (χ0n) is 37.4. The second kappa shape index (κ2) is 27.2. The van der Waals surface area contributed by atoms with Crippen LogP contribution in [0.15, 0.2) is 57.9 Å². The van der Waals surface area contributed by atoms with E-state index in [0.717, 1.165) is 54.7 Å². The van der Waals surface area contributed by atoms with Crippen molar-refractivity contribution in [1.82, 2.24) is 24.6 Å². The van der Waals surface area contributed by atoms with Crippen LogP contribution >= 0.6 is 65.6 Å². The van der Waals surface area contributed by atoms with E-state index in [1.165, 1.54) is 15.6 Å². The lowest BCUT2D eigenvalue weighted by Gasteiger charge is -2.29. The standard InChI is InChI=1S/C15H13Cl2N3O2.C14H20ClNO2.C11H13Cl2NO3.C3H8NO5P/c1-2-7-22-13-9-12(10(16)8-11(13)17)20-15(21)19-6-4-3-5-14(19)18-20;1-4-11-7-6-8-12(5-2)14(11)16(10-18-3)13(17)9-15;1-11(2)14(10(15)9(12)13)6-8(17-11)7-4-3-5-16-7;5-3(6)1-4-2-10(7,8)9/h1,8-9H,3-7H2;6-8H,4-5,9-10H2,1-3H3;3-5,8-9H,6H2,1-2H3;4H,1-2H2,(H,5,6)(H2,7,8,9). The first kappa shape index (κ1) is 57.2. The minimum absolute atomic E-state index is 0.0371. The van der Waals surface area contributed by atoms with Crippen LogP contribution in [0.1, 0.15) is 69.4 Å². The van der Waals surface area contributed by atoms with Gasteiger partial charge in [0.25, 0.3) is 5.91 Å². The number of nitrogens with one attached hydrogen (secondary N) is 1. The fraction of sp³-hybridized carbons (Fsp3) is 0.465. The molecule has 24 heteroatoms. The van der Waals surface area contributed by atoms with Gasteiger partial charge in [-0.1, -0.05) is 84.4 Å². The van der Waals surface area contributed by atoms with Crippen LogP contribution in [0.3, 0.4) is 0 Å². The second-order valence-electron chi connectivity index (χ2n) is 14.9. The molecule has 18 nitrogen and oxygen atoms in total. The van der Waals surface area contributed by atoms with Crippen LogP contribution in [0.4, 0.5) is 5.69 Å². The summed E-state index contributed by atoms with van der Waals surface area (Å²) < 4.78 is 34.6. The summed E-state index contributed by atoms with van der Waals surface area (Å²) in [4.78, 5) is 64.5. The Bertz CT molecular complexity index is 2400. The molecule has 1 atom stereocenters. The third kappa shape index (κ3) is 16.8. The van der Waals surface area contributed by atoms with E-state index >= 15 is 0 Å². The lowest BCUT2D eigenvalue weighted by molar-refractivity contribution is -0.144. The smallest absolute Gasteiger partial charge is 0.350 e. The number of methoxy groups -OCH3 is 1. The first-order valence-electron chi connectivity index (χ1n) is 20.6. The van der Waals surface area contributed by atoms with E-state index in [4.69, 9.17) is 97.9 Å². The Labute approximate surface area is 413 Å². The molecule has 2 aliphatic heterocycles. The molecular formula is C43H54Cl5N6O12P. The minimum atomic E-state index is -4.10. The summed E-state index contributed by atoms with van der Waals surface area (Å²) in [6, 6.07) is 12.8. The number of aryl methyl sites for hydroxylation is 3. The van der Waals surface area contributed by atoms with Gasteiger partial charge in [-0.2, -0.15) is 4.68 Å². The number of carbonyl (C=O) groups is 3. The van der Waals surface area contributed by atoms with E-state index in [9.17, 15) is 23.7 Å². The summed E-state index contributed by atoms with van der Waals surface area (Å²) in [5.74, 6) is 2.53. The Balaban J connectivity index is 0.000000245. The fourth-order valence-corrected chi connectivity index (χ4v) is 8.03. The zero-order valence-corrected chi connectivity index (χ0v) is 42.1. The van der Waals surface area contributed by atoms with E-state index in [0.29, 0.717) is 40.3 Å². The number of halogens is 5. The van der Waals surface area contributed by atoms with Gasteiger partial charge in [-0.15, -0.1) is 23.1 Å². The van der Waals surface area contributed by atoms with Crippen molar-refractivity contribution in [3.8, 4) is 23.8 Å². The molecule has 0 bridgehead atoms.